The number of fused-ring (bicyclic) bond motifs is 5. The van der Waals surface area contributed by atoms with Gasteiger partial charge < -0.3 is 5.11 Å². The van der Waals surface area contributed by atoms with Gasteiger partial charge in [-0.3, -0.25) is 4.79 Å². The number of aliphatic hydroxyl groups is 1. The van der Waals surface area contributed by atoms with Gasteiger partial charge in [-0.15, -0.1) is 0 Å². The number of carbonyl (C=O) groups excluding carboxylic acids is 1. The van der Waals surface area contributed by atoms with E-state index in [0.717, 1.165) is 12.0 Å². The molecule has 0 spiro atoms. The molecular weight excluding hydrogens is 176 g/mol. The van der Waals surface area contributed by atoms with Crippen LogP contribution in [0.15, 0.2) is 23.8 Å². The zero-order valence-electron chi connectivity index (χ0n) is 8.18. The summed E-state index contributed by atoms with van der Waals surface area (Å²) in [6, 6.07) is 0. The fourth-order valence-corrected chi connectivity index (χ4v) is 3.41. The Morgan fingerprint density at radius 3 is 2.86 bits per heavy atom. The molecule has 2 heteroatoms. The lowest BCUT2D eigenvalue weighted by Crippen LogP contribution is -2.39. The molecule has 1 N–H and O–H groups in total. The van der Waals surface area contributed by atoms with Crippen LogP contribution in [0.4, 0.5) is 0 Å². The summed E-state index contributed by atoms with van der Waals surface area (Å²) < 4.78 is 0. The summed E-state index contributed by atoms with van der Waals surface area (Å²) in [5, 5.41) is 9.93. The van der Waals surface area contributed by atoms with E-state index in [1.54, 1.807) is 6.08 Å². The Labute approximate surface area is 83.3 Å². The van der Waals surface area contributed by atoms with E-state index in [2.05, 4.69) is 12.2 Å². The van der Waals surface area contributed by atoms with Crippen molar-refractivity contribution in [3.05, 3.63) is 23.8 Å². The molecule has 1 fully saturated rings. The zero-order chi connectivity index (χ0) is 9.87. The van der Waals surface area contributed by atoms with Crippen LogP contribution in [-0.2, 0) is 4.79 Å². The van der Waals surface area contributed by atoms with Crippen molar-refractivity contribution in [3.8, 4) is 0 Å². The molecule has 0 amide bonds. The van der Waals surface area contributed by atoms with Gasteiger partial charge in [-0.2, -0.15) is 0 Å². The molecule has 2 bridgehead atoms. The highest BCUT2D eigenvalue weighted by Gasteiger charge is 2.52. The number of hydrogen-bond acceptors (Lipinski definition) is 2. The van der Waals surface area contributed by atoms with E-state index >= 15 is 0 Å². The molecular formula is C12H14O2. The molecule has 74 valence electrons. The summed E-state index contributed by atoms with van der Waals surface area (Å²) in [7, 11) is 0. The molecule has 3 aliphatic rings. The van der Waals surface area contributed by atoms with Crippen LogP contribution in [-0.4, -0.2) is 17.0 Å². The number of carbonyl (C=O) groups is 1. The summed E-state index contributed by atoms with van der Waals surface area (Å²) in [5.74, 6) is 1.34. The van der Waals surface area contributed by atoms with E-state index in [1.165, 1.54) is 0 Å². The van der Waals surface area contributed by atoms with Gasteiger partial charge in [0.05, 0.1) is 6.10 Å². The summed E-state index contributed by atoms with van der Waals surface area (Å²) in [4.78, 5) is 11.9. The van der Waals surface area contributed by atoms with E-state index in [0.29, 0.717) is 11.8 Å². The molecule has 0 aromatic heterocycles. The van der Waals surface area contributed by atoms with Gasteiger partial charge in [-0.05, 0) is 36.8 Å². The first-order valence-electron chi connectivity index (χ1n) is 5.27. The third-order valence-electron chi connectivity index (χ3n) is 4.03. The van der Waals surface area contributed by atoms with Crippen molar-refractivity contribution in [2.45, 2.75) is 19.4 Å². The van der Waals surface area contributed by atoms with E-state index < -0.39 is 6.10 Å². The first kappa shape index (κ1) is 8.42. The molecule has 0 aromatic rings. The second-order valence-electron chi connectivity index (χ2n) is 4.76. The number of ketones is 1. The van der Waals surface area contributed by atoms with Crippen molar-refractivity contribution in [3.63, 3.8) is 0 Å². The van der Waals surface area contributed by atoms with Gasteiger partial charge in [-0.1, -0.05) is 12.2 Å². The van der Waals surface area contributed by atoms with Crippen LogP contribution < -0.4 is 0 Å². The number of Topliss-reactive ketones (excluding diaryl/α,β-unsaturated/α-hetero) is 1. The Balaban J connectivity index is 2.06. The molecule has 1 saturated carbocycles. The summed E-state index contributed by atoms with van der Waals surface area (Å²) in [6.07, 6.45) is 6.74. The average molecular weight is 190 g/mol. The fourth-order valence-electron chi connectivity index (χ4n) is 3.41. The minimum absolute atomic E-state index is 0.0741. The van der Waals surface area contributed by atoms with Gasteiger partial charge in [0.2, 0.25) is 0 Å². The summed E-state index contributed by atoms with van der Waals surface area (Å²) in [5.41, 5.74) is 0.750. The lowest BCUT2D eigenvalue weighted by Gasteiger charge is -2.33. The molecule has 0 saturated heterocycles. The van der Waals surface area contributed by atoms with Gasteiger partial charge >= 0.3 is 0 Å². The second-order valence-corrected chi connectivity index (χ2v) is 4.76. The van der Waals surface area contributed by atoms with E-state index in [4.69, 9.17) is 0 Å². The number of allylic oxidation sites excluding steroid dienone is 3. The first-order valence-corrected chi connectivity index (χ1v) is 5.27. The Morgan fingerprint density at radius 1 is 1.36 bits per heavy atom. The van der Waals surface area contributed by atoms with Crippen LogP contribution in [0.2, 0.25) is 0 Å². The predicted molar refractivity (Wildman–Crippen MR) is 52.5 cm³/mol. The maximum atomic E-state index is 11.9. The van der Waals surface area contributed by atoms with Crippen LogP contribution in [0.5, 0.6) is 0 Å². The SMILES string of the molecule is CC1=C[C@H](O)[C@H]2[C@@H](C1=O)[C@H]1C=C[C@@H]2C1. The Hall–Kier alpha value is -0.890. The van der Waals surface area contributed by atoms with Gasteiger partial charge in [0.25, 0.3) is 0 Å². The van der Waals surface area contributed by atoms with E-state index in [9.17, 15) is 9.90 Å². The van der Waals surface area contributed by atoms with Crippen molar-refractivity contribution in [2.75, 3.05) is 0 Å². The summed E-state index contributed by atoms with van der Waals surface area (Å²) >= 11 is 0. The second kappa shape index (κ2) is 2.57. The molecule has 2 nitrogen and oxygen atoms in total. The maximum Gasteiger partial charge on any atom is 0.162 e. The minimum Gasteiger partial charge on any atom is -0.389 e. The van der Waals surface area contributed by atoms with Crippen molar-refractivity contribution in [1.82, 2.24) is 0 Å². The third-order valence-corrected chi connectivity index (χ3v) is 4.03. The number of aliphatic hydroxyl groups excluding tert-OH is 1. The lowest BCUT2D eigenvalue weighted by molar-refractivity contribution is -0.123. The van der Waals surface area contributed by atoms with E-state index in [1.807, 2.05) is 6.92 Å². The highest BCUT2D eigenvalue weighted by atomic mass is 16.3. The van der Waals surface area contributed by atoms with Crippen molar-refractivity contribution >= 4 is 5.78 Å². The highest BCUT2D eigenvalue weighted by molar-refractivity contribution is 5.98. The topological polar surface area (TPSA) is 37.3 Å². The zero-order valence-corrected chi connectivity index (χ0v) is 8.18. The van der Waals surface area contributed by atoms with Crippen molar-refractivity contribution < 1.29 is 9.90 Å². The predicted octanol–water partition coefficient (Wildman–Crippen LogP) is 1.31. The lowest BCUT2D eigenvalue weighted by atomic mass is 9.72. The molecule has 3 aliphatic carbocycles. The third kappa shape index (κ3) is 0.871. The molecule has 0 heterocycles. The molecule has 0 aliphatic heterocycles. The quantitative estimate of drug-likeness (QED) is 0.585. The molecule has 5 atom stereocenters. The largest absolute Gasteiger partial charge is 0.389 e. The van der Waals surface area contributed by atoms with Crippen molar-refractivity contribution in [2.24, 2.45) is 23.7 Å². The Kier molecular flexibility index (Phi) is 1.55. The molecule has 0 aromatic carbocycles. The van der Waals surface area contributed by atoms with Crippen LogP contribution in [0.3, 0.4) is 0 Å². The van der Waals surface area contributed by atoms with Crippen LogP contribution in [0, 0.1) is 23.7 Å². The summed E-state index contributed by atoms with van der Waals surface area (Å²) in [6.45, 7) is 1.82. The average Bonchev–Trinajstić information content (AvgIpc) is 2.73. The van der Waals surface area contributed by atoms with Crippen LogP contribution in [0.1, 0.15) is 13.3 Å². The Morgan fingerprint density at radius 2 is 2.07 bits per heavy atom. The van der Waals surface area contributed by atoms with Crippen LogP contribution >= 0.6 is 0 Å². The standard InChI is InChI=1S/C12H14O2/c1-6-4-9(13)10-7-2-3-8(5-7)11(10)12(6)14/h2-4,7-11,13H,5H2,1H3/t7-,8+,9+,10+,11+/m1/s1. The van der Waals surface area contributed by atoms with Gasteiger partial charge in [-0.25, -0.2) is 0 Å². The number of rotatable bonds is 0. The van der Waals surface area contributed by atoms with Crippen molar-refractivity contribution in [1.29, 1.82) is 0 Å². The van der Waals surface area contributed by atoms with E-state index in [-0.39, 0.29) is 17.6 Å². The molecule has 14 heavy (non-hydrogen) atoms. The molecule has 0 unspecified atom stereocenters. The molecule has 3 rings (SSSR count). The minimum atomic E-state index is -0.405. The van der Waals surface area contributed by atoms with Gasteiger partial charge in [0.1, 0.15) is 0 Å². The van der Waals surface area contributed by atoms with Crippen LogP contribution in [0.25, 0.3) is 0 Å². The van der Waals surface area contributed by atoms with Gasteiger partial charge in [0.15, 0.2) is 5.78 Å². The smallest absolute Gasteiger partial charge is 0.162 e. The van der Waals surface area contributed by atoms with Gasteiger partial charge in [0, 0.05) is 11.8 Å². The fraction of sp³-hybridized carbons (Fsp3) is 0.583. The molecule has 0 radical (unpaired) electrons. The first-order chi connectivity index (χ1) is 6.68. The maximum absolute atomic E-state index is 11.9. The Bertz CT molecular complexity index is 353. The normalized spacial score (nSPS) is 49.4. The monoisotopic (exact) mass is 190 g/mol. The highest BCUT2D eigenvalue weighted by Crippen LogP contribution is 2.52. The number of hydrogen-bond donors (Lipinski definition) is 1.